The Morgan fingerprint density at radius 2 is 2.10 bits per heavy atom. The third-order valence-electron chi connectivity index (χ3n) is 2.44. The average Bonchev–Trinajstić information content (AvgIpc) is 2.43. The van der Waals surface area contributed by atoms with Crippen LogP contribution in [0.1, 0.15) is 0 Å². The summed E-state index contributed by atoms with van der Waals surface area (Å²) < 4.78 is 0. The number of aromatic amines is 1. The van der Waals surface area contributed by atoms with Gasteiger partial charge >= 0.3 is 6.03 Å². The van der Waals surface area contributed by atoms with Gasteiger partial charge in [-0.25, -0.2) is 9.78 Å². The monoisotopic (exact) mass is 274 g/mol. The van der Waals surface area contributed by atoms with E-state index < -0.39 is 5.56 Å². The maximum Gasteiger partial charge on any atom is 0.318 e. The Bertz CT molecular complexity index is 682. The third-order valence-corrected chi connectivity index (χ3v) is 2.44. The number of benzene rings is 1. The van der Waals surface area contributed by atoms with Crippen LogP contribution in [0.4, 0.5) is 27.8 Å². The molecule has 2 rings (SSSR count). The standard InChI is InChI=1S/C12H14N6O2/c1-14-12(20)17-8-4-2-3-7(5-8)16-11-15-6-9(13)10(19)18-11/h2-6H,13H2,1H3,(H2,14,17,20)(H2,15,16,18,19). The van der Waals surface area contributed by atoms with Crippen LogP contribution in [0.3, 0.4) is 0 Å². The summed E-state index contributed by atoms with van der Waals surface area (Å²) in [5, 5.41) is 8.00. The van der Waals surface area contributed by atoms with Crippen LogP contribution >= 0.6 is 0 Å². The minimum atomic E-state index is -0.415. The fraction of sp³-hybridized carbons (Fsp3) is 0.0833. The number of nitrogens with two attached hydrogens (primary N) is 1. The number of carbonyl (C=O) groups excluding carboxylic acids is 1. The zero-order chi connectivity index (χ0) is 14.5. The molecule has 0 aliphatic rings. The summed E-state index contributed by atoms with van der Waals surface area (Å²) in [7, 11) is 1.53. The Hall–Kier alpha value is -3.03. The van der Waals surface area contributed by atoms with Crippen LogP contribution in [0, 0.1) is 0 Å². The number of hydrogen-bond acceptors (Lipinski definition) is 5. The highest BCUT2D eigenvalue weighted by molar-refractivity contribution is 5.89. The predicted molar refractivity (Wildman–Crippen MR) is 77.1 cm³/mol. The zero-order valence-corrected chi connectivity index (χ0v) is 10.7. The normalized spacial score (nSPS) is 9.85. The number of anilines is 4. The van der Waals surface area contributed by atoms with Gasteiger partial charge in [0, 0.05) is 18.4 Å². The lowest BCUT2D eigenvalue weighted by molar-refractivity contribution is 0.254. The number of rotatable bonds is 3. The molecule has 104 valence electrons. The maximum absolute atomic E-state index is 11.4. The summed E-state index contributed by atoms with van der Waals surface area (Å²) in [6, 6.07) is 6.64. The van der Waals surface area contributed by atoms with Gasteiger partial charge in [0.05, 0.1) is 6.20 Å². The van der Waals surface area contributed by atoms with Crippen LogP contribution in [-0.4, -0.2) is 23.0 Å². The zero-order valence-electron chi connectivity index (χ0n) is 10.7. The molecule has 0 fully saturated rings. The van der Waals surface area contributed by atoms with Crippen molar-refractivity contribution in [1.82, 2.24) is 15.3 Å². The molecule has 0 aliphatic heterocycles. The number of nitrogen functional groups attached to an aromatic ring is 1. The van der Waals surface area contributed by atoms with E-state index in [1.54, 1.807) is 24.3 Å². The molecule has 1 heterocycles. The second-order valence-electron chi connectivity index (χ2n) is 3.93. The van der Waals surface area contributed by atoms with Crippen molar-refractivity contribution in [3.8, 4) is 0 Å². The van der Waals surface area contributed by atoms with Gasteiger partial charge in [0.2, 0.25) is 5.95 Å². The van der Waals surface area contributed by atoms with Crippen LogP contribution in [0.15, 0.2) is 35.3 Å². The van der Waals surface area contributed by atoms with Gasteiger partial charge in [-0.05, 0) is 18.2 Å². The molecular weight excluding hydrogens is 260 g/mol. The first-order chi connectivity index (χ1) is 9.58. The molecule has 6 N–H and O–H groups in total. The highest BCUT2D eigenvalue weighted by atomic mass is 16.2. The van der Waals surface area contributed by atoms with Crippen molar-refractivity contribution in [2.45, 2.75) is 0 Å². The maximum atomic E-state index is 11.4. The van der Waals surface area contributed by atoms with Gasteiger partial charge in [-0.15, -0.1) is 0 Å². The lowest BCUT2D eigenvalue weighted by atomic mass is 10.3. The van der Waals surface area contributed by atoms with E-state index in [0.717, 1.165) is 0 Å². The fourth-order valence-corrected chi connectivity index (χ4v) is 1.47. The van der Waals surface area contributed by atoms with E-state index in [2.05, 4.69) is 25.9 Å². The van der Waals surface area contributed by atoms with Gasteiger partial charge in [0.1, 0.15) is 5.69 Å². The molecule has 0 aliphatic carbocycles. The van der Waals surface area contributed by atoms with Gasteiger partial charge in [-0.3, -0.25) is 9.78 Å². The number of hydrogen-bond donors (Lipinski definition) is 5. The van der Waals surface area contributed by atoms with Gasteiger partial charge in [-0.1, -0.05) is 6.07 Å². The quantitative estimate of drug-likeness (QED) is 0.567. The average molecular weight is 274 g/mol. The molecular formula is C12H14N6O2. The fourth-order valence-electron chi connectivity index (χ4n) is 1.47. The van der Waals surface area contributed by atoms with Gasteiger partial charge in [0.15, 0.2) is 0 Å². The molecule has 2 amide bonds. The molecule has 8 heteroatoms. The van der Waals surface area contributed by atoms with Gasteiger partial charge in [0.25, 0.3) is 5.56 Å². The molecule has 0 atom stereocenters. The second-order valence-corrected chi connectivity index (χ2v) is 3.93. The molecule has 0 saturated carbocycles. The molecule has 0 spiro atoms. The first kappa shape index (κ1) is 13.4. The number of H-pyrrole nitrogens is 1. The van der Waals surface area contributed by atoms with Crippen LogP contribution in [-0.2, 0) is 0 Å². The molecule has 0 saturated heterocycles. The van der Waals surface area contributed by atoms with E-state index in [9.17, 15) is 9.59 Å². The number of carbonyl (C=O) groups is 1. The highest BCUT2D eigenvalue weighted by Gasteiger charge is 2.02. The number of amides is 2. The Balaban J connectivity index is 2.17. The molecule has 0 unspecified atom stereocenters. The summed E-state index contributed by atoms with van der Waals surface area (Å²) in [6.45, 7) is 0. The Kier molecular flexibility index (Phi) is 3.85. The Morgan fingerprint density at radius 1 is 1.35 bits per heavy atom. The van der Waals surface area contributed by atoms with Crippen LogP contribution in [0.2, 0.25) is 0 Å². The first-order valence-electron chi connectivity index (χ1n) is 5.79. The third kappa shape index (κ3) is 3.25. The van der Waals surface area contributed by atoms with E-state index in [1.807, 2.05) is 0 Å². The highest BCUT2D eigenvalue weighted by Crippen LogP contribution is 2.17. The van der Waals surface area contributed by atoms with Crippen LogP contribution < -0.4 is 27.2 Å². The predicted octanol–water partition coefficient (Wildman–Crippen LogP) is 0.847. The number of urea groups is 1. The van der Waals surface area contributed by atoms with Crippen molar-refractivity contribution < 1.29 is 4.79 Å². The number of nitrogens with zero attached hydrogens (tertiary/aromatic N) is 1. The lowest BCUT2D eigenvalue weighted by Gasteiger charge is -2.08. The smallest absolute Gasteiger partial charge is 0.318 e. The van der Waals surface area contributed by atoms with Gasteiger partial charge in [-0.2, -0.15) is 0 Å². The van der Waals surface area contributed by atoms with E-state index in [1.165, 1.54) is 13.2 Å². The van der Waals surface area contributed by atoms with Crippen molar-refractivity contribution in [2.24, 2.45) is 0 Å². The van der Waals surface area contributed by atoms with Gasteiger partial charge < -0.3 is 21.7 Å². The first-order valence-corrected chi connectivity index (χ1v) is 5.79. The summed E-state index contributed by atoms with van der Waals surface area (Å²) in [5.74, 6) is 0.265. The number of aromatic nitrogens is 2. The molecule has 1 aromatic carbocycles. The van der Waals surface area contributed by atoms with E-state index in [-0.39, 0.29) is 17.7 Å². The molecule has 0 radical (unpaired) electrons. The summed E-state index contributed by atoms with van der Waals surface area (Å²) in [6.07, 6.45) is 1.27. The molecule has 20 heavy (non-hydrogen) atoms. The largest absolute Gasteiger partial charge is 0.393 e. The van der Waals surface area contributed by atoms with E-state index in [4.69, 9.17) is 5.73 Å². The minimum Gasteiger partial charge on any atom is -0.393 e. The molecule has 2 aromatic rings. The van der Waals surface area contributed by atoms with E-state index >= 15 is 0 Å². The SMILES string of the molecule is CNC(=O)Nc1cccc(Nc2ncc(N)c(=O)[nH]2)c1. The molecule has 8 nitrogen and oxygen atoms in total. The topological polar surface area (TPSA) is 125 Å². The number of nitrogens with one attached hydrogen (secondary N) is 4. The van der Waals surface area contributed by atoms with E-state index in [0.29, 0.717) is 11.4 Å². The Labute approximate surface area is 114 Å². The van der Waals surface area contributed by atoms with Crippen LogP contribution in [0.5, 0.6) is 0 Å². The van der Waals surface area contributed by atoms with Crippen LogP contribution in [0.25, 0.3) is 0 Å². The molecule has 1 aromatic heterocycles. The van der Waals surface area contributed by atoms with Crippen molar-refractivity contribution >= 4 is 29.0 Å². The molecule has 0 bridgehead atoms. The summed E-state index contributed by atoms with van der Waals surface area (Å²) in [4.78, 5) is 29.0. The summed E-state index contributed by atoms with van der Waals surface area (Å²) in [5.41, 5.74) is 6.28. The van der Waals surface area contributed by atoms with Crippen molar-refractivity contribution in [1.29, 1.82) is 0 Å². The second kappa shape index (κ2) is 5.74. The Morgan fingerprint density at radius 3 is 2.80 bits per heavy atom. The van der Waals surface area contributed by atoms with Crippen molar-refractivity contribution in [3.63, 3.8) is 0 Å². The summed E-state index contributed by atoms with van der Waals surface area (Å²) >= 11 is 0. The van der Waals surface area contributed by atoms with Crippen molar-refractivity contribution in [2.75, 3.05) is 23.4 Å². The van der Waals surface area contributed by atoms with Crippen molar-refractivity contribution in [3.05, 3.63) is 40.8 Å². The minimum absolute atomic E-state index is 0.0468. The lowest BCUT2D eigenvalue weighted by Crippen LogP contribution is -2.24.